The molecule has 0 spiro atoms. The van der Waals surface area contributed by atoms with Gasteiger partial charge in [0.25, 0.3) is 0 Å². The van der Waals surface area contributed by atoms with E-state index in [9.17, 15) is 19.2 Å². The van der Waals surface area contributed by atoms with Gasteiger partial charge in [-0.15, -0.1) is 0 Å². The molecule has 10 nitrogen and oxygen atoms in total. The largest absolute Gasteiger partial charge is 0.550 e. The van der Waals surface area contributed by atoms with Crippen LogP contribution in [-0.2, 0) is 29.0 Å². The first-order valence-corrected chi connectivity index (χ1v) is 18.2. The van der Waals surface area contributed by atoms with Crippen LogP contribution in [0.1, 0.15) is 142 Å². The second-order valence-corrected chi connectivity index (χ2v) is 15.4. The standard InChI is InChI=1S/C41H56O10/c1-21-23(3)27(7)35(28(8)24(21)4)37(42)48-50-39(44)46-33-17-13-31(14-18-33)41(11,12)32-15-19-34(20-16-32)47-40(45)51-49-38(43)36-29(9)25(5)22(2)26(6)30(36)10/h31-34H,13-20H2,1-12H3. The molecule has 0 bridgehead atoms. The minimum absolute atomic E-state index is 0.0298. The van der Waals surface area contributed by atoms with E-state index in [2.05, 4.69) is 13.8 Å². The minimum atomic E-state index is -1.01. The van der Waals surface area contributed by atoms with Crippen molar-refractivity contribution in [1.82, 2.24) is 0 Å². The smallest absolute Gasteiger partial charge is 0.428 e. The van der Waals surface area contributed by atoms with E-state index >= 15 is 0 Å². The summed E-state index contributed by atoms with van der Waals surface area (Å²) in [5.41, 5.74) is 10.3. The summed E-state index contributed by atoms with van der Waals surface area (Å²) in [5.74, 6) is -0.573. The average Bonchev–Trinajstić information content (AvgIpc) is 3.10. The van der Waals surface area contributed by atoms with Crippen molar-refractivity contribution in [2.45, 2.75) is 147 Å². The molecule has 2 fully saturated rings. The molecule has 0 aromatic heterocycles. The van der Waals surface area contributed by atoms with Gasteiger partial charge in [-0.3, -0.25) is 0 Å². The number of benzene rings is 2. The molecule has 0 N–H and O–H groups in total. The van der Waals surface area contributed by atoms with Gasteiger partial charge in [-0.1, -0.05) is 13.8 Å². The molecular weight excluding hydrogens is 652 g/mol. The van der Waals surface area contributed by atoms with Gasteiger partial charge >= 0.3 is 24.2 Å². The highest BCUT2D eigenvalue weighted by atomic mass is 17.2. The summed E-state index contributed by atoms with van der Waals surface area (Å²) in [4.78, 5) is 70.0. The highest BCUT2D eigenvalue weighted by molar-refractivity contribution is 5.94. The fraction of sp³-hybridized carbons (Fsp3) is 0.610. The Labute approximate surface area is 302 Å². The molecule has 2 aromatic carbocycles. The van der Waals surface area contributed by atoms with Crippen LogP contribution < -0.4 is 0 Å². The molecule has 0 aliphatic heterocycles. The third-order valence-corrected chi connectivity index (χ3v) is 12.8. The van der Waals surface area contributed by atoms with Crippen LogP contribution in [0.2, 0.25) is 0 Å². The van der Waals surface area contributed by atoms with Gasteiger partial charge in [0, 0.05) is 0 Å². The third kappa shape index (κ3) is 8.53. The molecule has 2 aliphatic rings. The van der Waals surface area contributed by atoms with Crippen molar-refractivity contribution in [2.75, 3.05) is 0 Å². The second kappa shape index (κ2) is 16.1. The highest BCUT2D eigenvalue weighted by Gasteiger charge is 2.42. The summed E-state index contributed by atoms with van der Waals surface area (Å²) < 4.78 is 11.0. The number of carbonyl (C=O) groups is 4. The molecule has 0 amide bonds. The molecular formula is C41H56O10. The minimum Gasteiger partial charge on any atom is -0.428 e. The fourth-order valence-electron chi connectivity index (χ4n) is 8.33. The van der Waals surface area contributed by atoms with E-state index in [1.165, 1.54) is 0 Å². The number of carbonyl (C=O) groups excluding carboxylic acids is 4. The molecule has 0 saturated heterocycles. The summed E-state index contributed by atoms with van der Waals surface area (Å²) in [7, 11) is 0. The van der Waals surface area contributed by atoms with Crippen LogP contribution in [0.3, 0.4) is 0 Å². The predicted molar refractivity (Wildman–Crippen MR) is 191 cm³/mol. The van der Waals surface area contributed by atoms with E-state index in [1.807, 2.05) is 69.2 Å². The monoisotopic (exact) mass is 708 g/mol. The lowest BCUT2D eigenvalue weighted by atomic mass is 9.60. The normalized spacial score (nSPS) is 20.6. The van der Waals surface area contributed by atoms with Crippen LogP contribution in [0.4, 0.5) is 9.59 Å². The second-order valence-electron chi connectivity index (χ2n) is 15.4. The molecule has 0 unspecified atom stereocenters. The lowest BCUT2D eigenvalue weighted by Crippen LogP contribution is -2.39. The van der Waals surface area contributed by atoms with E-state index in [0.717, 1.165) is 81.3 Å². The highest BCUT2D eigenvalue weighted by Crippen LogP contribution is 2.49. The number of ether oxygens (including phenoxy) is 2. The van der Waals surface area contributed by atoms with E-state index < -0.39 is 24.2 Å². The van der Waals surface area contributed by atoms with E-state index in [4.69, 9.17) is 29.0 Å². The maximum atomic E-state index is 12.8. The van der Waals surface area contributed by atoms with E-state index in [0.29, 0.717) is 48.6 Å². The van der Waals surface area contributed by atoms with Crippen LogP contribution in [0, 0.1) is 86.5 Å². The van der Waals surface area contributed by atoms with Crippen LogP contribution >= 0.6 is 0 Å². The molecule has 51 heavy (non-hydrogen) atoms. The average molecular weight is 709 g/mol. The Hall–Kier alpha value is -4.08. The van der Waals surface area contributed by atoms with Gasteiger partial charge in [-0.2, -0.15) is 9.59 Å². The van der Waals surface area contributed by atoms with Gasteiger partial charge in [0.15, 0.2) is 0 Å². The molecule has 10 heteroatoms. The molecule has 4 rings (SSSR count). The zero-order valence-corrected chi connectivity index (χ0v) is 32.5. The lowest BCUT2D eigenvalue weighted by Gasteiger charge is -2.46. The number of hydrogen-bond acceptors (Lipinski definition) is 10. The SMILES string of the molecule is Cc1c(C)c(C)c(C(=O)OOC(=O)OC2CCC(C(C)(C)C3CCC(OC(=O)OOC(=O)c4c(C)c(C)c(C)c(C)c4C)CC3)CC2)c(C)c1C. The Morgan fingerprint density at radius 2 is 0.667 bits per heavy atom. The van der Waals surface area contributed by atoms with Crippen molar-refractivity contribution in [3.05, 3.63) is 66.8 Å². The van der Waals surface area contributed by atoms with E-state index in [1.54, 1.807) is 0 Å². The quantitative estimate of drug-likeness (QED) is 0.163. The van der Waals surface area contributed by atoms with Gasteiger partial charge in [0.2, 0.25) is 0 Å². The van der Waals surface area contributed by atoms with Crippen LogP contribution in [0.5, 0.6) is 0 Å². The molecule has 0 radical (unpaired) electrons. The van der Waals surface area contributed by atoms with Gasteiger partial charge in [0.1, 0.15) is 12.2 Å². The molecule has 2 aromatic rings. The topological polar surface area (TPSA) is 124 Å². The zero-order valence-electron chi connectivity index (χ0n) is 32.5. The molecule has 0 heterocycles. The third-order valence-electron chi connectivity index (χ3n) is 12.8. The fourth-order valence-corrected chi connectivity index (χ4v) is 8.33. The Balaban J connectivity index is 1.19. The molecule has 2 saturated carbocycles. The Kier molecular flexibility index (Phi) is 12.5. The summed E-state index contributed by atoms with van der Waals surface area (Å²) in [6.45, 7) is 23.9. The molecule has 0 atom stereocenters. The van der Waals surface area contributed by atoms with Gasteiger partial charge in [0.05, 0.1) is 11.1 Å². The van der Waals surface area contributed by atoms with Gasteiger partial charge in [-0.25, -0.2) is 29.1 Å². The summed E-state index contributed by atoms with van der Waals surface area (Å²) in [6, 6.07) is 0. The van der Waals surface area contributed by atoms with Crippen LogP contribution in [0.15, 0.2) is 0 Å². The predicted octanol–water partition coefficient (Wildman–Crippen LogP) is 10.1. The van der Waals surface area contributed by atoms with Crippen molar-refractivity contribution in [1.29, 1.82) is 0 Å². The van der Waals surface area contributed by atoms with Gasteiger partial charge in [-0.05, 0) is 193 Å². The first kappa shape index (κ1) is 39.7. The maximum Gasteiger partial charge on any atom is 0.550 e. The Morgan fingerprint density at radius 3 is 0.941 bits per heavy atom. The van der Waals surface area contributed by atoms with Crippen molar-refractivity contribution in [3.8, 4) is 0 Å². The van der Waals surface area contributed by atoms with Crippen molar-refractivity contribution in [2.24, 2.45) is 17.3 Å². The van der Waals surface area contributed by atoms with Crippen molar-refractivity contribution in [3.63, 3.8) is 0 Å². The van der Waals surface area contributed by atoms with Crippen molar-refractivity contribution < 1.29 is 48.2 Å². The number of hydrogen-bond donors (Lipinski definition) is 0. The first-order valence-electron chi connectivity index (χ1n) is 18.2. The molecule has 280 valence electrons. The Bertz CT molecular complexity index is 1490. The van der Waals surface area contributed by atoms with E-state index in [-0.39, 0.29) is 17.6 Å². The van der Waals surface area contributed by atoms with Crippen molar-refractivity contribution >= 4 is 24.2 Å². The first-order chi connectivity index (χ1) is 23.9. The maximum absolute atomic E-state index is 12.8. The zero-order chi connectivity index (χ0) is 37.9. The Morgan fingerprint density at radius 1 is 0.412 bits per heavy atom. The summed E-state index contributed by atoms with van der Waals surface area (Å²) >= 11 is 0. The summed E-state index contributed by atoms with van der Waals surface area (Å²) in [5, 5.41) is 0. The summed E-state index contributed by atoms with van der Waals surface area (Å²) in [6.07, 6.45) is 3.65. The lowest BCUT2D eigenvalue weighted by molar-refractivity contribution is -0.209. The van der Waals surface area contributed by atoms with Gasteiger partial charge < -0.3 is 9.47 Å². The molecule has 2 aliphatic carbocycles. The van der Waals surface area contributed by atoms with Crippen LogP contribution in [-0.4, -0.2) is 36.5 Å². The number of rotatable bonds is 6. The van der Waals surface area contributed by atoms with Crippen LogP contribution in [0.25, 0.3) is 0 Å².